The number of piperidine rings is 1. The van der Waals surface area contributed by atoms with Crippen molar-refractivity contribution in [3.05, 3.63) is 11.9 Å². The van der Waals surface area contributed by atoms with Crippen LogP contribution in [-0.2, 0) is 0 Å². The topological polar surface area (TPSA) is 50.3 Å². The van der Waals surface area contributed by atoms with Crippen LogP contribution in [0.2, 0.25) is 0 Å². The highest BCUT2D eigenvalue weighted by atomic mass is 16.5. The molecule has 0 bridgehead atoms. The second-order valence-corrected chi connectivity index (χ2v) is 6.81. The zero-order valence-corrected chi connectivity index (χ0v) is 13.9. The van der Waals surface area contributed by atoms with E-state index in [1.54, 1.807) is 13.4 Å². The van der Waals surface area contributed by atoms with Gasteiger partial charge in [0.1, 0.15) is 12.1 Å². The fourth-order valence-corrected chi connectivity index (χ4v) is 2.84. The number of hydrogen-bond acceptors (Lipinski definition) is 5. The van der Waals surface area contributed by atoms with E-state index in [2.05, 4.69) is 41.0 Å². The normalized spacial score (nSPS) is 19.7. The first-order chi connectivity index (χ1) is 9.92. The van der Waals surface area contributed by atoms with Crippen LogP contribution in [0.15, 0.2) is 6.33 Å². The van der Waals surface area contributed by atoms with Gasteiger partial charge in [-0.3, -0.25) is 0 Å². The van der Waals surface area contributed by atoms with E-state index in [0.717, 1.165) is 24.5 Å². The highest BCUT2D eigenvalue weighted by Gasteiger charge is 2.26. The van der Waals surface area contributed by atoms with Gasteiger partial charge in [0.15, 0.2) is 0 Å². The average molecular weight is 292 g/mol. The lowest BCUT2D eigenvalue weighted by Crippen LogP contribution is -2.50. The highest BCUT2D eigenvalue weighted by molar-refractivity contribution is 5.51. The van der Waals surface area contributed by atoms with Crippen LogP contribution >= 0.6 is 0 Å². The molecule has 0 aromatic carbocycles. The van der Waals surface area contributed by atoms with Crippen molar-refractivity contribution in [2.45, 2.75) is 58.5 Å². The van der Waals surface area contributed by atoms with Crippen molar-refractivity contribution >= 4 is 5.82 Å². The predicted molar refractivity (Wildman–Crippen MR) is 86.1 cm³/mol. The van der Waals surface area contributed by atoms with Crippen LogP contribution in [0.5, 0.6) is 5.88 Å². The molecule has 1 aromatic rings. The molecule has 21 heavy (non-hydrogen) atoms. The maximum Gasteiger partial charge on any atom is 0.221 e. The zero-order chi connectivity index (χ0) is 15.5. The molecule has 1 aliphatic heterocycles. The first kappa shape index (κ1) is 16.0. The van der Waals surface area contributed by atoms with Crippen LogP contribution in [0, 0.1) is 6.92 Å². The number of methoxy groups -OCH3 is 1. The van der Waals surface area contributed by atoms with Gasteiger partial charge < -0.3 is 15.0 Å². The van der Waals surface area contributed by atoms with Gasteiger partial charge in [-0.1, -0.05) is 0 Å². The summed E-state index contributed by atoms with van der Waals surface area (Å²) in [6.07, 6.45) is 5.31. The molecule has 0 radical (unpaired) electrons. The second-order valence-electron chi connectivity index (χ2n) is 6.81. The van der Waals surface area contributed by atoms with E-state index in [1.807, 2.05) is 6.92 Å². The minimum absolute atomic E-state index is 0.140. The van der Waals surface area contributed by atoms with Gasteiger partial charge in [0.2, 0.25) is 5.88 Å². The van der Waals surface area contributed by atoms with Crippen molar-refractivity contribution in [3.8, 4) is 5.88 Å². The third kappa shape index (κ3) is 4.06. The van der Waals surface area contributed by atoms with Gasteiger partial charge in [-0.15, -0.1) is 0 Å². The molecule has 118 valence electrons. The van der Waals surface area contributed by atoms with Crippen molar-refractivity contribution in [3.63, 3.8) is 0 Å². The van der Waals surface area contributed by atoms with E-state index in [0.29, 0.717) is 11.9 Å². The summed E-state index contributed by atoms with van der Waals surface area (Å²) in [5.41, 5.74) is 1.17. The van der Waals surface area contributed by atoms with Gasteiger partial charge in [0, 0.05) is 24.7 Å². The molecule has 1 fully saturated rings. The summed E-state index contributed by atoms with van der Waals surface area (Å²) in [7, 11) is 1.66. The van der Waals surface area contributed by atoms with E-state index in [-0.39, 0.29) is 5.54 Å². The summed E-state index contributed by atoms with van der Waals surface area (Å²) in [5.74, 6) is 1.69. The molecule has 1 unspecified atom stereocenters. The maximum atomic E-state index is 5.33. The van der Waals surface area contributed by atoms with Crippen molar-refractivity contribution in [2.75, 3.05) is 25.1 Å². The fraction of sp³-hybridized carbons (Fsp3) is 0.750. The number of hydrogen-bond donors (Lipinski definition) is 1. The minimum atomic E-state index is 0.140. The molecule has 5 heteroatoms. The summed E-state index contributed by atoms with van der Waals surface area (Å²) in [6, 6.07) is 0.483. The van der Waals surface area contributed by atoms with Gasteiger partial charge in [-0.05, 0) is 47.0 Å². The Balaban J connectivity index is 2.18. The Kier molecular flexibility index (Phi) is 5.04. The third-order valence-corrected chi connectivity index (χ3v) is 3.97. The van der Waals surface area contributed by atoms with E-state index < -0.39 is 0 Å². The number of nitrogens with one attached hydrogen (secondary N) is 1. The zero-order valence-electron chi connectivity index (χ0n) is 13.9. The van der Waals surface area contributed by atoms with Gasteiger partial charge in [-0.2, -0.15) is 0 Å². The molecule has 0 saturated carbocycles. The van der Waals surface area contributed by atoms with E-state index >= 15 is 0 Å². The largest absolute Gasteiger partial charge is 0.481 e. The number of rotatable bonds is 4. The van der Waals surface area contributed by atoms with Crippen molar-refractivity contribution in [1.82, 2.24) is 15.3 Å². The molecule has 1 saturated heterocycles. The van der Waals surface area contributed by atoms with Crippen LogP contribution in [0.25, 0.3) is 0 Å². The standard InChI is InChI=1S/C16H28N4O/c1-12-14(17-11-18-15(12)21-5)20-9-7-6-8-13(20)10-19-16(2,3)4/h11,13,19H,6-10H2,1-5H3. The van der Waals surface area contributed by atoms with Crippen molar-refractivity contribution in [2.24, 2.45) is 0 Å². The van der Waals surface area contributed by atoms with Crippen molar-refractivity contribution in [1.29, 1.82) is 0 Å². The Bertz CT molecular complexity index is 470. The average Bonchev–Trinajstić information content (AvgIpc) is 2.45. The Morgan fingerprint density at radius 1 is 1.33 bits per heavy atom. The van der Waals surface area contributed by atoms with E-state index in [1.165, 1.54) is 19.3 Å². The minimum Gasteiger partial charge on any atom is -0.481 e. The molecule has 2 heterocycles. The lowest BCUT2D eigenvalue weighted by molar-refractivity contribution is 0.363. The van der Waals surface area contributed by atoms with E-state index in [4.69, 9.17) is 4.74 Å². The van der Waals surface area contributed by atoms with Crippen LogP contribution in [0.4, 0.5) is 5.82 Å². The molecule has 2 rings (SSSR count). The van der Waals surface area contributed by atoms with Crippen molar-refractivity contribution < 1.29 is 4.74 Å². The SMILES string of the molecule is COc1ncnc(N2CCCCC2CNC(C)(C)C)c1C. The quantitative estimate of drug-likeness (QED) is 0.924. The monoisotopic (exact) mass is 292 g/mol. The molecular formula is C16H28N4O. The van der Waals surface area contributed by atoms with Crippen LogP contribution in [-0.4, -0.2) is 41.7 Å². The number of ether oxygens (including phenoxy) is 1. The van der Waals surface area contributed by atoms with Gasteiger partial charge >= 0.3 is 0 Å². The summed E-state index contributed by atoms with van der Waals surface area (Å²) >= 11 is 0. The highest BCUT2D eigenvalue weighted by Crippen LogP contribution is 2.29. The summed E-state index contributed by atoms with van der Waals surface area (Å²) < 4.78 is 5.33. The van der Waals surface area contributed by atoms with Crippen LogP contribution < -0.4 is 15.0 Å². The first-order valence-electron chi connectivity index (χ1n) is 7.79. The maximum absolute atomic E-state index is 5.33. The molecule has 5 nitrogen and oxygen atoms in total. The summed E-state index contributed by atoms with van der Waals surface area (Å²) in [5, 5.41) is 3.62. The Morgan fingerprint density at radius 2 is 2.10 bits per heavy atom. The second kappa shape index (κ2) is 6.60. The third-order valence-electron chi connectivity index (χ3n) is 3.97. The summed E-state index contributed by atoms with van der Waals surface area (Å²) in [6.45, 7) is 10.7. The number of nitrogens with zero attached hydrogens (tertiary/aromatic N) is 3. The molecule has 0 amide bonds. The smallest absolute Gasteiger partial charge is 0.221 e. The predicted octanol–water partition coefficient (Wildman–Crippen LogP) is 2.54. The Labute approximate surface area is 128 Å². The molecular weight excluding hydrogens is 264 g/mol. The molecule has 1 atom stereocenters. The van der Waals surface area contributed by atoms with Gasteiger partial charge in [0.25, 0.3) is 0 Å². The fourth-order valence-electron chi connectivity index (χ4n) is 2.84. The number of anilines is 1. The Hall–Kier alpha value is -1.36. The molecule has 0 spiro atoms. The summed E-state index contributed by atoms with van der Waals surface area (Å²) in [4.78, 5) is 11.1. The van der Waals surface area contributed by atoms with E-state index in [9.17, 15) is 0 Å². The molecule has 1 N–H and O–H groups in total. The lowest BCUT2D eigenvalue weighted by Gasteiger charge is -2.39. The van der Waals surface area contributed by atoms with Gasteiger partial charge in [0.05, 0.1) is 12.7 Å². The molecule has 1 aromatic heterocycles. The lowest BCUT2D eigenvalue weighted by atomic mass is 10.00. The number of aromatic nitrogens is 2. The van der Waals surface area contributed by atoms with Gasteiger partial charge in [-0.25, -0.2) is 9.97 Å². The first-order valence-corrected chi connectivity index (χ1v) is 7.79. The molecule has 1 aliphatic rings. The Morgan fingerprint density at radius 3 is 2.76 bits per heavy atom. The van der Waals surface area contributed by atoms with Crippen LogP contribution in [0.1, 0.15) is 45.6 Å². The molecule has 0 aliphatic carbocycles. The van der Waals surface area contributed by atoms with Crippen LogP contribution in [0.3, 0.4) is 0 Å².